The smallest absolute Gasteiger partial charge is 0.338 e. The van der Waals surface area contributed by atoms with Gasteiger partial charge < -0.3 is 19.9 Å². The average molecular weight is 437 g/mol. The molecule has 4 rings (SSSR count). The molecule has 1 saturated heterocycles. The molecule has 1 aliphatic rings. The number of piperazine rings is 1. The molecule has 8 heteroatoms. The lowest BCUT2D eigenvalue weighted by Crippen LogP contribution is -2.50. The third-order valence-electron chi connectivity index (χ3n) is 5.05. The summed E-state index contributed by atoms with van der Waals surface area (Å²) in [5, 5.41) is 5.95. The molecule has 1 fully saturated rings. The molecular weight excluding hydrogens is 412 g/mol. The number of esters is 1. The van der Waals surface area contributed by atoms with Crippen LogP contribution in [0.2, 0.25) is 0 Å². The molecule has 0 radical (unpaired) electrons. The minimum Gasteiger partial charge on any atom is -0.462 e. The topological polar surface area (TPSA) is 74.8 Å². The zero-order valence-corrected chi connectivity index (χ0v) is 18.1. The highest BCUT2D eigenvalue weighted by Gasteiger charge is 2.23. The molecule has 2 heterocycles. The summed E-state index contributed by atoms with van der Waals surface area (Å²) in [5.41, 5.74) is 3.20. The van der Waals surface area contributed by atoms with Crippen molar-refractivity contribution in [3.05, 3.63) is 65.5 Å². The van der Waals surface area contributed by atoms with Gasteiger partial charge in [0.1, 0.15) is 0 Å². The summed E-state index contributed by atoms with van der Waals surface area (Å²) in [6.45, 7) is 4.80. The highest BCUT2D eigenvalue weighted by atomic mass is 32.1. The maximum atomic E-state index is 12.6. The number of hydrogen-bond donors (Lipinski definition) is 1. The van der Waals surface area contributed by atoms with E-state index >= 15 is 0 Å². The van der Waals surface area contributed by atoms with Gasteiger partial charge in [-0.3, -0.25) is 0 Å². The molecule has 1 aromatic heterocycles. The van der Waals surface area contributed by atoms with Gasteiger partial charge in [-0.2, -0.15) is 0 Å². The average Bonchev–Trinajstić information content (AvgIpc) is 3.31. The normalized spacial score (nSPS) is 13.7. The first kappa shape index (κ1) is 20.9. The zero-order chi connectivity index (χ0) is 21.6. The van der Waals surface area contributed by atoms with Crippen LogP contribution in [-0.2, 0) is 4.74 Å². The molecular formula is C23H24N4O3S. The van der Waals surface area contributed by atoms with Crippen molar-refractivity contribution in [3.8, 4) is 11.3 Å². The second-order valence-corrected chi connectivity index (χ2v) is 7.92. The van der Waals surface area contributed by atoms with Gasteiger partial charge in [0, 0.05) is 42.8 Å². The Hall–Kier alpha value is -3.39. The first-order valence-electron chi connectivity index (χ1n) is 10.2. The number of urea groups is 1. The highest BCUT2D eigenvalue weighted by Crippen LogP contribution is 2.28. The van der Waals surface area contributed by atoms with Gasteiger partial charge in [0.2, 0.25) is 0 Å². The molecule has 1 N–H and O–H groups in total. The summed E-state index contributed by atoms with van der Waals surface area (Å²) in [4.78, 5) is 33.1. The van der Waals surface area contributed by atoms with Gasteiger partial charge in [-0.1, -0.05) is 30.3 Å². The summed E-state index contributed by atoms with van der Waals surface area (Å²) in [6, 6.07) is 16.7. The lowest BCUT2D eigenvalue weighted by atomic mass is 10.2. The van der Waals surface area contributed by atoms with Crippen molar-refractivity contribution in [2.24, 2.45) is 0 Å². The SMILES string of the molecule is CCOC(=O)c1ccc(NC(=O)N2CCN(c3nc(-c4ccccc4)cs3)CC2)cc1. The van der Waals surface area contributed by atoms with Crippen LogP contribution < -0.4 is 10.2 Å². The predicted octanol–water partition coefficient (Wildman–Crippen LogP) is 4.34. The van der Waals surface area contributed by atoms with Crippen molar-refractivity contribution in [2.75, 3.05) is 43.0 Å². The number of benzene rings is 2. The van der Waals surface area contributed by atoms with Gasteiger partial charge in [-0.05, 0) is 31.2 Å². The van der Waals surface area contributed by atoms with Gasteiger partial charge in [-0.15, -0.1) is 11.3 Å². The van der Waals surface area contributed by atoms with Gasteiger partial charge in [0.25, 0.3) is 0 Å². The maximum absolute atomic E-state index is 12.6. The summed E-state index contributed by atoms with van der Waals surface area (Å²) < 4.78 is 4.97. The Labute approximate surface area is 185 Å². The third-order valence-corrected chi connectivity index (χ3v) is 5.95. The zero-order valence-electron chi connectivity index (χ0n) is 17.3. The number of amides is 2. The molecule has 3 aromatic rings. The Morgan fingerprint density at radius 1 is 1.03 bits per heavy atom. The fourth-order valence-electron chi connectivity index (χ4n) is 3.36. The summed E-state index contributed by atoms with van der Waals surface area (Å²) in [7, 11) is 0. The van der Waals surface area contributed by atoms with E-state index in [-0.39, 0.29) is 12.0 Å². The number of rotatable bonds is 5. The van der Waals surface area contributed by atoms with E-state index in [9.17, 15) is 9.59 Å². The molecule has 0 spiro atoms. The first-order chi connectivity index (χ1) is 15.1. The molecule has 160 valence electrons. The van der Waals surface area contributed by atoms with Crippen LogP contribution in [0.25, 0.3) is 11.3 Å². The monoisotopic (exact) mass is 436 g/mol. The number of carbonyl (C=O) groups excluding carboxylic acids is 2. The van der Waals surface area contributed by atoms with Crippen molar-refractivity contribution in [1.29, 1.82) is 0 Å². The van der Waals surface area contributed by atoms with E-state index in [4.69, 9.17) is 9.72 Å². The number of carbonyl (C=O) groups is 2. The van der Waals surface area contributed by atoms with Crippen LogP contribution >= 0.6 is 11.3 Å². The molecule has 0 bridgehead atoms. The number of nitrogens with zero attached hydrogens (tertiary/aromatic N) is 3. The summed E-state index contributed by atoms with van der Waals surface area (Å²) in [5.74, 6) is -0.367. The lowest BCUT2D eigenvalue weighted by Gasteiger charge is -2.34. The largest absolute Gasteiger partial charge is 0.462 e. The van der Waals surface area contributed by atoms with Crippen LogP contribution in [-0.4, -0.2) is 54.7 Å². The second-order valence-electron chi connectivity index (χ2n) is 7.08. The number of anilines is 2. The minimum atomic E-state index is -0.367. The molecule has 1 aliphatic heterocycles. The van der Waals surface area contributed by atoms with Crippen LogP contribution in [0.3, 0.4) is 0 Å². The van der Waals surface area contributed by atoms with E-state index in [1.165, 1.54) is 0 Å². The van der Waals surface area contributed by atoms with Crippen LogP contribution in [0.15, 0.2) is 60.0 Å². The van der Waals surface area contributed by atoms with Gasteiger partial charge in [0.15, 0.2) is 5.13 Å². The Balaban J connectivity index is 1.30. The molecule has 2 amide bonds. The fourth-order valence-corrected chi connectivity index (χ4v) is 4.25. The molecule has 31 heavy (non-hydrogen) atoms. The van der Waals surface area contributed by atoms with Crippen LogP contribution in [0.4, 0.5) is 15.6 Å². The first-order valence-corrected chi connectivity index (χ1v) is 11.1. The van der Waals surface area contributed by atoms with E-state index in [2.05, 4.69) is 27.7 Å². The molecule has 0 atom stereocenters. The van der Waals surface area contributed by atoms with E-state index in [0.29, 0.717) is 30.9 Å². The molecule has 0 unspecified atom stereocenters. The van der Waals surface area contributed by atoms with Crippen molar-refractivity contribution in [2.45, 2.75) is 6.92 Å². The van der Waals surface area contributed by atoms with Crippen molar-refractivity contribution in [1.82, 2.24) is 9.88 Å². The van der Waals surface area contributed by atoms with Crippen LogP contribution in [0.1, 0.15) is 17.3 Å². The summed E-state index contributed by atoms with van der Waals surface area (Å²) >= 11 is 1.63. The Morgan fingerprint density at radius 3 is 2.42 bits per heavy atom. The Bertz CT molecular complexity index is 1030. The second kappa shape index (κ2) is 9.61. The van der Waals surface area contributed by atoms with E-state index in [1.807, 2.05) is 18.2 Å². The van der Waals surface area contributed by atoms with Crippen molar-refractivity contribution >= 4 is 34.2 Å². The maximum Gasteiger partial charge on any atom is 0.338 e. The predicted molar refractivity (Wildman–Crippen MR) is 123 cm³/mol. The number of nitrogens with one attached hydrogen (secondary N) is 1. The highest BCUT2D eigenvalue weighted by molar-refractivity contribution is 7.14. The Kier molecular flexibility index (Phi) is 6.47. The standard InChI is InChI=1S/C23H24N4O3S/c1-2-30-21(28)18-8-10-19(11-9-18)24-22(29)26-12-14-27(15-13-26)23-25-20(16-31-23)17-6-4-3-5-7-17/h3-11,16H,2,12-15H2,1H3,(H,24,29). The van der Waals surface area contributed by atoms with E-state index in [0.717, 1.165) is 29.5 Å². The van der Waals surface area contributed by atoms with Crippen molar-refractivity contribution in [3.63, 3.8) is 0 Å². The summed E-state index contributed by atoms with van der Waals surface area (Å²) in [6.07, 6.45) is 0. The molecule has 2 aromatic carbocycles. The van der Waals surface area contributed by atoms with Gasteiger partial charge in [0.05, 0.1) is 17.9 Å². The van der Waals surface area contributed by atoms with E-state index in [1.54, 1.807) is 47.4 Å². The van der Waals surface area contributed by atoms with Crippen LogP contribution in [0.5, 0.6) is 0 Å². The molecule has 7 nitrogen and oxygen atoms in total. The van der Waals surface area contributed by atoms with Crippen molar-refractivity contribution < 1.29 is 14.3 Å². The fraction of sp³-hybridized carbons (Fsp3) is 0.261. The van der Waals surface area contributed by atoms with Crippen LogP contribution in [0, 0.1) is 0 Å². The Morgan fingerprint density at radius 2 is 1.74 bits per heavy atom. The number of ether oxygens (including phenoxy) is 1. The number of aromatic nitrogens is 1. The minimum absolute atomic E-state index is 0.146. The number of hydrogen-bond acceptors (Lipinski definition) is 6. The molecule has 0 saturated carbocycles. The molecule has 0 aliphatic carbocycles. The number of thiazole rings is 1. The van der Waals surface area contributed by atoms with Gasteiger partial charge >= 0.3 is 12.0 Å². The lowest BCUT2D eigenvalue weighted by molar-refractivity contribution is 0.0526. The quantitative estimate of drug-likeness (QED) is 0.602. The third kappa shape index (κ3) is 5.03. The van der Waals surface area contributed by atoms with E-state index < -0.39 is 0 Å². The van der Waals surface area contributed by atoms with Gasteiger partial charge in [-0.25, -0.2) is 14.6 Å².